The summed E-state index contributed by atoms with van der Waals surface area (Å²) in [5.74, 6) is 0.0457. The van der Waals surface area contributed by atoms with Gasteiger partial charge in [-0.2, -0.15) is 5.10 Å². The number of carbonyl (C=O) groups excluding carboxylic acids is 1. The van der Waals surface area contributed by atoms with E-state index in [0.29, 0.717) is 13.1 Å². The Kier molecular flexibility index (Phi) is 3.69. The second-order valence-corrected chi connectivity index (χ2v) is 7.48. The minimum atomic E-state index is -0.659. The molecule has 0 unspecified atom stereocenters. The summed E-state index contributed by atoms with van der Waals surface area (Å²) in [5, 5.41) is 15.5. The smallest absolute Gasteiger partial charge is 0.395 e. The predicted octanol–water partition coefficient (Wildman–Crippen LogP) is 3.09. The van der Waals surface area contributed by atoms with Crippen molar-refractivity contribution >= 4 is 11.8 Å². The molecule has 0 saturated heterocycles. The summed E-state index contributed by atoms with van der Waals surface area (Å²) in [7, 11) is 0. The Labute approximate surface area is 154 Å². The number of rotatable bonds is 3. The van der Waals surface area contributed by atoms with Crippen LogP contribution in [0.15, 0.2) is 41.1 Å². The van der Waals surface area contributed by atoms with Crippen LogP contribution in [0.2, 0.25) is 0 Å². The van der Waals surface area contributed by atoms with Gasteiger partial charge in [0.1, 0.15) is 10.7 Å². The minimum Gasteiger partial charge on any atom is -0.395 e. The Balaban J connectivity index is 1.67. The molecule has 4 rings (SSSR count). The van der Waals surface area contributed by atoms with Crippen LogP contribution in [-0.2, 0) is 18.6 Å². The van der Waals surface area contributed by atoms with Crippen molar-refractivity contribution in [2.75, 3.05) is 0 Å². The Hall–Kier alpha value is -3.36. The third kappa shape index (κ3) is 2.80. The summed E-state index contributed by atoms with van der Waals surface area (Å²) in [6, 6.07) is 6.39. The molecule has 140 valence electrons. The molecule has 0 N–H and O–H groups in total. The molecule has 9 nitrogen and oxygen atoms in total. The quantitative estimate of drug-likeness (QED) is 0.522. The van der Waals surface area contributed by atoms with Crippen LogP contribution < -0.4 is 0 Å². The van der Waals surface area contributed by atoms with Gasteiger partial charge in [-0.05, 0) is 39.0 Å². The van der Waals surface area contributed by atoms with Crippen molar-refractivity contribution in [2.24, 2.45) is 0 Å². The summed E-state index contributed by atoms with van der Waals surface area (Å²) in [4.78, 5) is 24.4. The van der Waals surface area contributed by atoms with Crippen LogP contribution in [0.3, 0.4) is 0 Å². The molecule has 3 aromatic rings. The van der Waals surface area contributed by atoms with E-state index in [2.05, 4.69) is 20.8 Å². The number of carbonyl (C=O) groups is 1. The van der Waals surface area contributed by atoms with E-state index < -0.39 is 10.8 Å². The van der Waals surface area contributed by atoms with Gasteiger partial charge in [0.2, 0.25) is 0 Å². The fraction of sp³-hybridized carbons (Fsp3) is 0.333. The van der Waals surface area contributed by atoms with Gasteiger partial charge in [0.15, 0.2) is 5.76 Å². The lowest BCUT2D eigenvalue weighted by atomic mass is 10.1. The van der Waals surface area contributed by atoms with Crippen molar-refractivity contribution in [3.8, 4) is 5.82 Å². The van der Waals surface area contributed by atoms with E-state index in [4.69, 9.17) is 9.52 Å². The number of hydrogen-bond donors (Lipinski definition) is 0. The van der Waals surface area contributed by atoms with Crippen molar-refractivity contribution in [3.05, 3.63) is 63.8 Å². The van der Waals surface area contributed by atoms with Gasteiger partial charge in [-0.3, -0.25) is 14.9 Å². The lowest BCUT2D eigenvalue weighted by Crippen LogP contribution is -2.29. The van der Waals surface area contributed by atoms with E-state index in [1.807, 2.05) is 33.8 Å². The number of hydrogen-bond acceptors (Lipinski definition) is 5. The van der Waals surface area contributed by atoms with Crippen LogP contribution in [0.4, 0.5) is 5.88 Å². The molecule has 3 aromatic heterocycles. The van der Waals surface area contributed by atoms with E-state index in [-0.39, 0.29) is 17.2 Å². The largest absolute Gasteiger partial charge is 0.433 e. The number of aromatic nitrogens is 3. The number of nitro groups is 1. The Morgan fingerprint density at radius 2 is 1.93 bits per heavy atom. The molecule has 1 aliphatic heterocycles. The fourth-order valence-electron chi connectivity index (χ4n) is 3.25. The SMILES string of the molecule is CC(C)(C)n1nc2c(c1-n1cccc1)CN(C(=O)c1ccc([N+](=O)[O-])o1)C2. The van der Waals surface area contributed by atoms with Gasteiger partial charge in [0, 0.05) is 18.0 Å². The highest BCUT2D eigenvalue weighted by Gasteiger charge is 2.35. The second-order valence-electron chi connectivity index (χ2n) is 7.48. The van der Waals surface area contributed by atoms with Gasteiger partial charge in [-0.1, -0.05) is 0 Å². The van der Waals surface area contributed by atoms with E-state index in [0.717, 1.165) is 17.1 Å². The molecule has 4 heterocycles. The zero-order chi connectivity index (χ0) is 19.3. The van der Waals surface area contributed by atoms with Crippen molar-refractivity contribution in [2.45, 2.75) is 39.4 Å². The molecule has 1 amide bonds. The van der Waals surface area contributed by atoms with Crippen LogP contribution >= 0.6 is 0 Å². The highest BCUT2D eigenvalue weighted by molar-refractivity contribution is 5.92. The van der Waals surface area contributed by atoms with E-state index in [1.54, 1.807) is 4.90 Å². The maximum absolute atomic E-state index is 12.7. The lowest BCUT2D eigenvalue weighted by Gasteiger charge is -2.24. The van der Waals surface area contributed by atoms with Crippen molar-refractivity contribution in [1.29, 1.82) is 0 Å². The normalized spacial score (nSPS) is 13.8. The van der Waals surface area contributed by atoms with Gasteiger partial charge < -0.3 is 13.9 Å². The van der Waals surface area contributed by atoms with Crippen molar-refractivity contribution in [1.82, 2.24) is 19.2 Å². The average molecular weight is 369 g/mol. The summed E-state index contributed by atoms with van der Waals surface area (Å²) in [6.07, 6.45) is 3.89. The molecular formula is C18H19N5O4. The highest BCUT2D eigenvalue weighted by atomic mass is 16.6. The van der Waals surface area contributed by atoms with Crippen LogP contribution in [0.25, 0.3) is 5.82 Å². The second kappa shape index (κ2) is 5.83. The van der Waals surface area contributed by atoms with Crippen molar-refractivity contribution < 1.29 is 14.1 Å². The van der Waals surface area contributed by atoms with Crippen LogP contribution in [0, 0.1) is 10.1 Å². The summed E-state index contributed by atoms with van der Waals surface area (Å²) in [6.45, 7) is 6.93. The van der Waals surface area contributed by atoms with Gasteiger partial charge in [0.25, 0.3) is 5.91 Å². The molecule has 0 aromatic carbocycles. The maximum Gasteiger partial charge on any atom is 0.433 e. The number of amides is 1. The maximum atomic E-state index is 12.7. The summed E-state index contributed by atoms with van der Waals surface area (Å²) >= 11 is 0. The van der Waals surface area contributed by atoms with Crippen LogP contribution in [0.5, 0.6) is 0 Å². The van der Waals surface area contributed by atoms with Gasteiger partial charge in [-0.15, -0.1) is 0 Å². The first kappa shape index (κ1) is 17.1. The van der Waals surface area contributed by atoms with Crippen LogP contribution in [-0.4, -0.2) is 30.1 Å². The molecule has 27 heavy (non-hydrogen) atoms. The molecule has 0 radical (unpaired) electrons. The zero-order valence-corrected chi connectivity index (χ0v) is 15.2. The first-order valence-corrected chi connectivity index (χ1v) is 8.54. The minimum absolute atomic E-state index is 0.0435. The summed E-state index contributed by atoms with van der Waals surface area (Å²) < 4.78 is 9.01. The van der Waals surface area contributed by atoms with E-state index in [1.165, 1.54) is 12.1 Å². The lowest BCUT2D eigenvalue weighted by molar-refractivity contribution is -0.402. The highest BCUT2D eigenvalue weighted by Crippen LogP contribution is 2.33. The number of nitrogens with zero attached hydrogens (tertiary/aromatic N) is 5. The molecule has 0 spiro atoms. The average Bonchev–Trinajstić information content (AvgIpc) is 3.33. The Morgan fingerprint density at radius 1 is 1.22 bits per heavy atom. The van der Waals surface area contributed by atoms with E-state index in [9.17, 15) is 14.9 Å². The molecular weight excluding hydrogens is 350 g/mol. The molecule has 0 aliphatic carbocycles. The topological polar surface area (TPSA) is 99.3 Å². The predicted molar refractivity (Wildman–Crippen MR) is 95.5 cm³/mol. The first-order chi connectivity index (χ1) is 12.8. The standard InChI is InChI=1S/C18H19N5O4/c1-18(2,3)22-16(20-8-4-5-9-20)12-10-21(11-13(12)19-22)17(24)14-6-7-15(27-14)23(25)26/h4-9H,10-11H2,1-3H3. The third-order valence-electron chi connectivity index (χ3n) is 4.48. The molecule has 0 saturated carbocycles. The summed E-state index contributed by atoms with van der Waals surface area (Å²) in [5.41, 5.74) is 1.57. The number of furan rings is 1. The first-order valence-electron chi connectivity index (χ1n) is 8.54. The number of fused-ring (bicyclic) bond motifs is 1. The Morgan fingerprint density at radius 3 is 2.52 bits per heavy atom. The monoisotopic (exact) mass is 369 g/mol. The van der Waals surface area contributed by atoms with Gasteiger partial charge >= 0.3 is 5.88 Å². The third-order valence-corrected chi connectivity index (χ3v) is 4.48. The molecule has 1 aliphatic rings. The van der Waals surface area contributed by atoms with Gasteiger partial charge in [-0.25, -0.2) is 4.68 Å². The van der Waals surface area contributed by atoms with Crippen molar-refractivity contribution in [3.63, 3.8) is 0 Å². The molecule has 0 atom stereocenters. The molecule has 0 bridgehead atoms. The van der Waals surface area contributed by atoms with Gasteiger partial charge in [0.05, 0.1) is 30.4 Å². The fourth-order valence-corrected chi connectivity index (χ4v) is 3.25. The van der Waals surface area contributed by atoms with E-state index >= 15 is 0 Å². The Bertz CT molecular complexity index is 1020. The van der Waals surface area contributed by atoms with Crippen LogP contribution in [0.1, 0.15) is 42.6 Å². The molecule has 9 heteroatoms. The zero-order valence-electron chi connectivity index (χ0n) is 15.2. The molecule has 0 fully saturated rings.